The first kappa shape index (κ1) is 12.9. The largest absolute Gasteiger partial charge is 0.316 e. The molecule has 0 aliphatic heterocycles. The molecule has 0 fully saturated rings. The van der Waals surface area contributed by atoms with E-state index in [1.54, 1.807) is 0 Å². The summed E-state index contributed by atoms with van der Waals surface area (Å²) in [6.07, 6.45) is 9.17. The molecule has 2 heteroatoms. The zero-order valence-corrected chi connectivity index (χ0v) is 10.5. The second-order valence-electron chi connectivity index (χ2n) is 4.52. The van der Waals surface area contributed by atoms with Crippen LogP contribution in [0.4, 0.5) is 0 Å². The number of aryl methyl sites for hydroxylation is 1. The zero-order chi connectivity index (χ0) is 11.8. The van der Waals surface area contributed by atoms with Gasteiger partial charge in [0.15, 0.2) is 0 Å². The van der Waals surface area contributed by atoms with Crippen LogP contribution in [0.3, 0.4) is 0 Å². The van der Waals surface area contributed by atoms with E-state index in [0.717, 1.165) is 25.4 Å². The molecule has 0 unspecified atom stereocenters. The molecule has 0 saturated heterocycles. The van der Waals surface area contributed by atoms with Gasteiger partial charge in [-0.05, 0) is 49.5 Å². The van der Waals surface area contributed by atoms with Gasteiger partial charge in [0, 0.05) is 12.4 Å². The molecular formula is C14H22N2. The lowest BCUT2D eigenvalue weighted by molar-refractivity contribution is 0.557. The van der Waals surface area contributed by atoms with E-state index in [1.165, 1.54) is 11.1 Å². The van der Waals surface area contributed by atoms with Crippen molar-refractivity contribution >= 4 is 6.08 Å². The highest BCUT2D eigenvalue weighted by Gasteiger charge is 1.92. The van der Waals surface area contributed by atoms with Gasteiger partial charge in [-0.1, -0.05) is 26.0 Å². The molecule has 1 heterocycles. The molecule has 0 aliphatic carbocycles. The number of hydrogen-bond donors (Lipinski definition) is 1. The molecule has 1 aromatic rings. The van der Waals surface area contributed by atoms with Crippen molar-refractivity contribution in [1.82, 2.24) is 10.3 Å². The normalized spacial score (nSPS) is 11.5. The lowest BCUT2D eigenvalue weighted by atomic mass is 10.1. The summed E-state index contributed by atoms with van der Waals surface area (Å²) in [6, 6.07) is 2.04. The van der Waals surface area contributed by atoms with Gasteiger partial charge in [-0.15, -0.1) is 0 Å². The topological polar surface area (TPSA) is 24.9 Å². The van der Waals surface area contributed by atoms with Crippen molar-refractivity contribution < 1.29 is 0 Å². The summed E-state index contributed by atoms with van der Waals surface area (Å²) in [4.78, 5) is 4.12. The van der Waals surface area contributed by atoms with Crippen LogP contribution in [0.15, 0.2) is 24.5 Å². The van der Waals surface area contributed by atoms with Gasteiger partial charge in [0.2, 0.25) is 0 Å². The average molecular weight is 218 g/mol. The fourth-order valence-corrected chi connectivity index (χ4v) is 1.44. The predicted octanol–water partition coefficient (Wildman–Crippen LogP) is 3.04. The molecular weight excluding hydrogens is 196 g/mol. The minimum Gasteiger partial charge on any atom is -0.316 e. The SMILES string of the molecule is Cc1ccncc1C=CCCNCC(C)C. The minimum atomic E-state index is 0.726. The summed E-state index contributed by atoms with van der Waals surface area (Å²) < 4.78 is 0. The van der Waals surface area contributed by atoms with Gasteiger partial charge < -0.3 is 5.32 Å². The van der Waals surface area contributed by atoms with Gasteiger partial charge in [-0.25, -0.2) is 0 Å². The first-order valence-electron chi connectivity index (χ1n) is 5.98. The lowest BCUT2D eigenvalue weighted by Gasteiger charge is -2.05. The fraction of sp³-hybridized carbons (Fsp3) is 0.500. The molecule has 1 N–H and O–H groups in total. The first-order valence-corrected chi connectivity index (χ1v) is 5.98. The maximum absolute atomic E-state index is 4.12. The molecule has 0 bridgehead atoms. The Morgan fingerprint density at radius 2 is 2.25 bits per heavy atom. The van der Waals surface area contributed by atoms with Crippen molar-refractivity contribution in [2.45, 2.75) is 27.2 Å². The second-order valence-corrected chi connectivity index (χ2v) is 4.52. The lowest BCUT2D eigenvalue weighted by Crippen LogP contribution is -2.20. The fourth-order valence-electron chi connectivity index (χ4n) is 1.44. The molecule has 0 saturated carbocycles. The summed E-state index contributed by atoms with van der Waals surface area (Å²) in [5.41, 5.74) is 2.49. The number of pyridine rings is 1. The third-order valence-corrected chi connectivity index (χ3v) is 2.42. The molecule has 88 valence electrons. The van der Waals surface area contributed by atoms with Crippen LogP contribution in [0.25, 0.3) is 6.08 Å². The summed E-state index contributed by atoms with van der Waals surface area (Å²) in [6.45, 7) is 8.70. The quantitative estimate of drug-likeness (QED) is 0.742. The monoisotopic (exact) mass is 218 g/mol. The maximum Gasteiger partial charge on any atom is 0.0342 e. The van der Waals surface area contributed by atoms with Gasteiger partial charge in [0.1, 0.15) is 0 Å². The summed E-state index contributed by atoms with van der Waals surface area (Å²) in [5.74, 6) is 0.726. The van der Waals surface area contributed by atoms with Crippen LogP contribution < -0.4 is 5.32 Å². The Balaban J connectivity index is 2.25. The van der Waals surface area contributed by atoms with Crippen molar-refractivity contribution in [3.63, 3.8) is 0 Å². The Morgan fingerprint density at radius 3 is 2.94 bits per heavy atom. The smallest absolute Gasteiger partial charge is 0.0342 e. The van der Waals surface area contributed by atoms with E-state index in [9.17, 15) is 0 Å². The van der Waals surface area contributed by atoms with Crippen LogP contribution in [-0.2, 0) is 0 Å². The Hall–Kier alpha value is -1.15. The van der Waals surface area contributed by atoms with Crippen LogP contribution in [-0.4, -0.2) is 18.1 Å². The van der Waals surface area contributed by atoms with Crippen molar-refractivity contribution in [1.29, 1.82) is 0 Å². The van der Waals surface area contributed by atoms with Crippen LogP contribution in [0.2, 0.25) is 0 Å². The van der Waals surface area contributed by atoms with Crippen LogP contribution in [0.5, 0.6) is 0 Å². The van der Waals surface area contributed by atoms with Gasteiger partial charge >= 0.3 is 0 Å². The molecule has 0 spiro atoms. The Morgan fingerprint density at radius 1 is 1.44 bits per heavy atom. The Kier molecular flexibility index (Phi) is 5.79. The zero-order valence-electron chi connectivity index (χ0n) is 10.5. The third kappa shape index (κ3) is 5.08. The minimum absolute atomic E-state index is 0.726. The van der Waals surface area contributed by atoms with E-state index in [2.05, 4.69) is 43.2 Å². The second kappa shape index (κ2) is 7.18. The molecule has 0 aliphatic rings. The van der Waals surface area contributed by atoms with Gasteiger partial charge in [-0.2, -0.15) is 0 Å². The number of hydrogen-bond acceptors (Lipinski definition) is 2. The van der Waals surface area contributed by atoms with Gasteiger partial charge in [0.05, 0.1) is 0 Å². The molecule has 1 rings (SSSR count). The molecule has 0 aromatic carbocycles. The van der Waals surface area contributed by atoms with Gasteiger partial charge in [-0.3, -0.25) is 4.98 Å². The predicted molar refractivity (Wildman–Crippen MR) is 70.3 cm³/mol. The first-order chi connectivity index (χ1) is 7.70. The van der Waals surface area contributed by atoms with E-state index in [1.807, 2.05) is 18.5 Å². The standard InChI is InChI=1S/C14H22N2/c1-12(2)10-15-8-5-4-6-14-11-16-9-7-13(14)3/h4,6-7,9,11-12,15H,5,8,10H2,1-3H3. The summed E-state index contributed by atoms with van der Waals surface area (Å²) in [7, 11) is 0. The Bertz CT molecular complexity index is 329. The van der Waals surface area contributed by atoms with Crippen LogP contribution in [0.1, 0.15) is 31.4 Å². The summed E-state index contributed by atoms with van der Waals surface area (Å²) in [5, 5.41) is 3.42. The van der Waals surface area contributed by atoms with Crippen LogP contribution in [0, 0.1) is 12.8 Å². The number of nitrogens with zero attached hydrogens (tertiary/aromatic N) is 1. The average Bonchev–Trinajstić information content (AvgIpc) is 2.25. The van der Waals surface area contributed by atoms with Crippen LogP contribution >= 0.6 is 0 Å². The number of aromatic nitrogens is 1. The highest BCUT2D eigenvalue weighted by Crippen LogP contribution is 2.07. The number of nitrogens with one attached hydrogen (secondary N) is 1. The Labute approximate surface area is 98.8 Å². The molecule has 16 heavy (non-hydrogen) atoms. The van der Waals surface area contributed by atoms with E-state index in [4.69, 9.17) is 0 Å². The van der Waals surface area contributed by atoms with E-state index < -0.39 is 0 Å². The molecule has 2 nitrogen and oxygen atoms in total. The molecule has 0 radical (unpaired) electrons. The highest BCUT2D eigenvalue weighted by atomic mass is 14.8. The van der Waals surface area contributed by atoms with Crippen molar-refractivity contribution in [2.75, 3.05) is 13.1 Å². The van der Waals surface area contributed by atoms with Crippen molar-refractivity contribution in [2.24, 2.45) is 5.92 Å². The maximum atomic E-state index is 4.12. The van der Waals surface area contributed by atoms with Crippen molar-refractivity contribution in [3.8, 4) is 0 Å². The van der Waals surface area contributed by atoms with E-state index in [0.29, 0.717) is 0 Å². The van der Waals surface area contributed by atoms with Crippen molar-refractivity contribution in [3.05, 3.63) is 35.7 Å². The highest BCUT2D eigenvalue weighted by molar-refractivity contribution is 5.51. The van der Waals surface area contributed by atoms with Gasteiger partial charge in [0.25, 0.3) is 0 Å². The molecule has 1 aromatic heterocycles. The molecule has 0 amide bonds. The van der Waals surface area contributed by atoms with E-state index in [-0.39, 0.29) is 0 Å². The summed E-state index contributed by atoms with van der Waals surface area (Å²) >= 11 is 0. The van der Waals surface area contributed by atoms with E-state index >= 15 is 0 Å². The molecule has 0 atom stereocenters. The number of rotatable bonds is 6. The third-order valence-electron chi connectivity index (χ3n) is 2.42.